The van der Waals surface area contributed by atoms with Crippen LogP contribution in [0.1, 0.15) is 17.3 Å². The molecule has 1 rings (SSSR count). The summed E-state index contributed by atoms with van der Waals surface area (Å²) in [5.74, 6) is -1.27. The van der Waals surface area contributed by atoms with Crippen LogP contribution in [-0.2, 0) is 9.53 Å². The normalized spacial score (nSPS) is 8.07. The van der Waals surface area contributed by atoms with E-state index in [1.165, 1.54) is 25.4 Å². The molecule has 0 aliphatic rings. The van der Waals surface area contributed by atoms with Crippen molar-refractivity contribution in [1.29, 1.82) is 0 Å². The first-order valence-electron chi connectivity index (χ1n) is 3.99. The Morgan fingerprint density at radius 2 is 2.27 bits per heavy atom. The summed E-state index contributed by atoms with van der Waals surface area (Å²) < 4.78 is 4.17. The minimum absolute atomic E-state index is 0.220. The lowest BCUT2D eigenvalue weighted by atomic mass is 10.3. The maximum absolute atomic E-state index is 10.2. The van der Waals surface area contributed by atoms with Gasteiger partial charge in [-0.3, -0.25) is 9.78 Å². The standard InChI is InChI=1S/C6H5NO2.C4H6O2/c8-6(9)5-2-1-3-7-4-5;1-3-6-4(2)5/h1-4H,(H,8,9);3H,1H2,2H3. The van der Waals surface area contributed by atoms with Gasteiger partial charge in [0, 0.05) is 19.3 Å². The van der Waals surface area contributed by atoms with Gasteiger partial charge in [0.15, 0.2) is 0 Å². The third-order valence-electron chi connectivity index (χ3n) is 1.16. The number of hydrogen-bond donors (Lipinski definition) is 1. The van der Waals surface area contributed by atoms with Crippen molar-refractivity contribution in [1.82, 2.24) is 4.98 Å². The van der Waals surface area contributed by atoms with Crippen LogP contribution in [0.25, 0.3) is 0 Å². The van der Waals surface area contributed by atoms with Crippen molar-refractivity contribution in [2.24, 2.45) is 0 Å². The van der Waals surface area contributed by atoms with Gasteiger partial charge >= 0.3 is 11.9 Å². The Hall–Kier alpha value is -2.17. The van der Waals surface area contributed by atoms with E-state index in [4.69, 9.17) is 5.11 Å². The maximum Gasteiger partial charge on any atom is 0.337 e. The monoisotopic (exact) mass is 209 g/mol. The Morgan fingerprint density at radius 3 is 2.47 bits per heavy atom. The molecule has 0 bridgehead atoms. The number of esters is 1. The Morgan fingerprint density at radius 1 is 1.60 bits per heavy atom. The van der Waals surface area contributed by atoms with Gasteiger partial charge in [-0.25, -0.2) is 4.79 Å². The summed E-state index contributed by atoms with van der Waals surface area (Å²) in [6.45, 7) is 4.48. The van der Waals surface area contributed by atoms with Crippen LogP contribution in [0.15, 0.2) is 37.4 Å². The first-order valence-corrected chi connectivity index (χ1v) is 3.99. The molecule has 1 aromatic heterocycles. The number of pyridine rings is 1. The molecule has 15 heavy (non-hydrogen) atoms. The predicted octanol–water partition coefficient (Wildman–Crippen LogP) is 1.47. The summed E-state index contributed by atoms with van der Waals surface area (Å²) in [5, 5.41) is 8.34. The van der Waals surface area contributed by atoms with Crippen molar-refractivity contribution in [2.45, 2.75) is 6.92 Å². The van der Waals surface area contributed by atoms with Gasteiger partial charge in [-0.1, -0.05) is 6.58 Å². The highest BCUT2D eigenvalue weighted by Gasteiger charge is 1.97. The van der Waals surface area contributed by atoms with E-state index in [2.05, 4.69) is 16.3 Å². The number of aromatic carboxylic acids is 1. The average Bonchev–Trinajstić information content (AvgIpc) is 2.20. The van der Waals surface area contributed by atoms with Gasteiger partial charge < -0.3 is 9.84 Å². The largest absolute Gasteiger partial charge is 0.478 e. The third-order valence-corrected chi connectivity index (χ3v) is 1.16. The number of aromatic nitrogens is 1. The first-order chi connectivity index (χ1) is 7.07. The van der Waals surface area contributed by atoms with E-state index in [0.29, 0.717) is 0 Å². The molecule has 5 heteroatoms. The summed E-state index contributed by atoms with van der Waals surface area (Å²) in [6, 6.07) is 3.08. The van der Waals surface area contributed by atoms with E-state index in [9.17, 15) is 9.59 Å². The molecule has 0 saturated carbocycles. The summed E-state index contributed by atoms with van der Waals surface area (Å²) in [7, 11) is 0. The number of carboxylic acids is 1. The molecule has 0 fully saturated rings. The second-order valence-corrected chi connectivity index (χ2v) is 2.32. The molecule has 0 aliphatic carbocycles. The minimum atomic E-state index is -0.942. The van der Waals surface area contributed by atoms with Crippen LogP contribution in [0.4, 0.5) is 0 Å². The molecule has 0 aromatic carbocycles. The molecule has 0 atom stereocenters. The van der Waals surface area contributed by atoms with Gasteiger partial charge in [0.05, 0.1) is 11.8 Å². The van der Waals surface area contributed by atoms with E-state index in [1.807, 2.05) is 0 Å². The van der Waals surface area contributed by atoms with E-state index in [0.717, 1.165) is 6.26 Å². The quantitative estimate of drug-likeness (QED) is 0.589. The highest BCUT2D eigenvalue weighted by atomic mass is 16.5. The number of rotatable bonds is 2. The SMILES string of the molecule is C=COC(C)=O.O=C(O)c1cccnc1. The summed E-state index contributed by atoms with van der Waals surface area (Å²) in [4.78, 5) is 23.5. The van der Waals surface area contributed by atoms with Gasteiger partial charge in [0.2, 0.25) is 0 Å². The van der Waals surface area contributed by atoms with E-state index < -0.39 is 5.97 Å². The fourth-order valence-electron chi connectivity index (χ4n) is 0.607. The van der Waals surface area contributed by atoms with Crippen molar-refractivity contribution < 1.29 is 19.4 Å². The molecule has 1 N–H and O–H groups in total. The van der Waals surface area contributed by atoms with Crippen molar-refractivity contribution in [3.05, 3.63) is 42.9 Å². The molecule has 0 aliphatic heterocycles. The lowest BCUT2D eigenvalue weighted by molar-refractivity contribution is -0.135. The van der Waals surface area contributed by atoms with Crippen LogP contribution in [0.2, 0.25) is 0 Å². The lowest BCUT2D eigenvalue weighted by Gasteiger charge is -1.87. The van der Waals surface area contributed by atoms with Crippen molar-refractivity contribution in [3.8, 4) is 0 Å². The van der Waals surface area contributed by atoms with E-state index in [-0.39, 0.29) is 11.5 Å². The number of hydrogen-bond acceptors (Lipinski definition) is 4. The fourth-order valence-corrected chi connectivity index (χ4v) is 0.607. The lowest BCUT2D eigenvalue weighted by Crippen LogP contribution is -1.94. The topological polar surface area (TPSA) is 76.5 Å². The molecule has 5 nitrogen and oxygen atoms in total. The van der Waals surface area contributed by atoms with E-state index >= 15 is 0 Å². The maximum atomic E-state index is 10.2. The Kier molecular flexibility index (Phi) is 6.20. The first kappa shape index (κ1) is 12.8. The summed E-state index contributed by atoms with van der Waals surface area (Å²) in [6.07, 6.45) is 3.94. The molecular formula is C10H11NO4. The van der Waals surface area contributed by atoms with Gasteiger partial charge in [-0.2, -0.15) is 0 Å². The predicted molar refractivity (Wildman–Crippen MR) is 53.2 cm³/mol. The van der Waals surface area contributed by atoms with E-state index in [1.54, 1.807) is 6.07 Å². The zero-order chi connectivity index (χ0) is 11.7. The second-order valence-electron chi connectivity index (χ2n) is 2.32. The molecule has 80 valence electrons. The zero-order valence-electron chi connectivity index (χ0n) is 8.21. The Balaban J connectivity index is 0.000000288. The molecular weight excluding hydrogens is 198 g/mol. The van der Waals surface area contributed by atoms with Crippen LogP contribution in [0.5, 0.6) is 0 Å². The average molecular weight is 209 g/mol. The van der Waals surface area contributed by atoms with Crippen LogP contribution in [0, 0.1) is 0 Å². The summed E-state index contributed by atoms with van der Waals surface area (Å²) >= 11 is 0. The fraction of sp³-hybridized carbons (Fsp3) is 0.100. The zero-order valence-corrected chi connectivity index (χ0v) is 8.21. The molecule has 0 unspecified atom stereocenters. The van der Waals surface area contributed by atoms with Crippen LogP contribution in [-0.4, -0.2) is 22.0 Å². The molecule has 0 amide bonds. The van der Waals surface area contributed by atoms with Gasteiger partial charge in [-0.15, -0.1) is 0 Å². The highest BCUT2D eigenvalue weighted by Crippen LogP contribution is 1.92. The highest BCUT2D eigenvalue weighted by molar-refractivity contribution is 5.86. The van der Waals surface area contributed by atoms with Crippen molar-refractivity contribution >= 4 is 11.9 Å². The molecule has 1 heterocycles. The number of carbonyl (C=O) groups excluding carboxylic acids is 1. The van der Waals surface area contributed by atoms with Crippen LogP contribution < -0.4 is 0 Å². The smallest absolute Gasteiger partial charge is 0.337 e. The Labute approximate surface area is 87.0 Å². The van der Waals surface area contributed by atoms with Crippen molar-refractivity contribution in [3.63, 3.8) is 0 Å². The van der Waals surface area contributed by atoms with Gasteiger partial charge in [-0.05, 0) is 12.1 Å². The van der Waals surface area contributed by atoms with Crippen LogP contribution in [0.3, 0.4) is 0 Å². The Bertz CT molecular complexity index is 335. The summed E-state index contributed by atoms with van der Waals surface area (Å²) in [5.41, 5.74) is 0.220. The number of carbonyl (C=O) groups is 2. The molecule has 0 radical (unpaired) electrons. The van der Waals surface area contributed by atoms with Gasteiger partial charge in [0.1, 0.15) is 0 Å². The number of ether oxygens (including phenoxy) is 1. The van der Waals surface area contributed by atoms with Gasteiger partial charge in [0.25, 0.3) is 0 Å². The molecule has 0 saturated heterocycles. The number of carboxylic acid groups (broad SMARTS) is 1. The third kappa shape index (κ3) is 6.94. The molecule has 1 aromatic rings. The van der Waals surface area contributed by atoms with Crippen LogP contribution >= 0.6 is 0 Å². The van der Waals surface area contributed by atoms with Crippen molar-refractivity contribution in [2.75, 3.05) is 0 Å². The minimum Gasteiger partial charge on any atom is -0.478 e. The second kappa shape index (κ2) is 7.25. The number of nitrogens with zero attached hydrogens (tertiary/aromatic N) is 1. The molecule has 0 spiro atoms.